The highest BCUT2D eigenvalue weighted by Gasteiger charge is 2.26. The molecule has 0 radical (unpaired) electrons. The van der Waals surface area contributed by atoms with Crippen LogP contribution in [0.3, 0.4) is 0 Å². The van der Waals surface area contributed by atoms with Crippen LogP contribution < -0.4 is 19.7 Å². The van der Waals surface area contributed by atoms with Gasteiger partial charge in [-0.15, -0.1) is 0 Å². The molecule has 2 aromatic carbocycles. The number of benzene rings is 2. The summed E-state index contributed by atoms with van der Waals surface area (Å²) in [6.45, 7) is 5.43. The Morgan fingerprint density at radius 3 is 2.48 bits per heavy atom. The number of phenols is 1. The van der Waals surface area contributed by atoms with E-state index in [2.05, 4.69) is 15.1 Å². The molecule has 7 nitrogen and oxygen atoms in total. The second kappa shape index (κ2) is 7.36. The van der Waals surface area contributed by atoms with E-state index in [0.717, 1.165) is 31.9 Å². The van der Waals surface area contributed by atoms with Crippen molar-refractivity contribution < 1.29 is 19.4 Å². The third kappa shape index (κ3) is 3.78. The molecule has 0 spiro atoms. The highest BCUT2D eigenvalue weighted by molar-refractivity contribution is 5.94. The fourth-order valence-electron chi connectivity index (χ4n) is 3.42. The quantitative estimate of drug-likeness (QED) is 0.861. The summed E-state index contributed by atoms with van der Waals surface area (Å²) in [6.07, 6.45) is 0. The molecule has 1 saturated heterocycles. The van der Waals surface area contributed by atoms with Crippen LogP contribution in [-0.2, 0) is 4.79 Å². The number of anilines is 2. The van der Waals surface area contributed by atoms with Crippen molar-refractivity contribution >= 4 is 17.3 Å². The van der Waals surface area contributed by atoms with Gasteiger partial charge < -0.3 is 24.8 Å². The summed E-state index contributed by atoms with van der Waals surface area (Å²) in [7, 11) is 0. The highest BCUT2D eigenvalue weighted by Crippen LogP contribution is 2.34. The zero-order valence-corrected chi connectivity index (χ0v) is 15.2. The minimum Gasteiger partial charge on any atom is -0.508 e. The lowest BCUT2D eigenvalue weighted by molar-refractivity contribution is -0.120. The molecule has 4 rings (SSSR count). The van der Waals surface area contributed by atoms with Crippen molar-refractivity contribution in [1.29, 1.82) is 0 Å². The Hall–Kier alpha value is -2.93. The first-order valence-corrected chi connectivity index (χ1v) is 9.09. The number of carbonyl (C=O) groups is 1. The number of nitrogens with one attached hydrogen (secondary N) is 1. The van der Waals surface area contributed by atoms with Gasteiger partial charge in [0, 0.05) is 43.6 Å². The van der Waals surface area contributed by atoms with Crippen LogP contribution in [-0.4, -0.2) is 54.9 Å². The lowest BCUT2D eigenvalue weighted by atomic mass is 10.2. The third-order valence-electron chi connectivity index (χ3n) is 5.10. The molecule has 2 aliphatic heterocycles. The average Bonchev–Trinajstić information content (AvgIpc) is 3.16. The van der Waals surface area contributed by atoms with Gasteiger partial charge in [-0.1, -0.05) is 0 Å². The van der Waals surface area contributed by atoms with Crippen LogP contribution in [0.4, 0.5) is 11.4 Å². The first kappa shape index (κ1) is 17.5. The van der Waals surface area contributed by atoms with Crippen LogP contribution in [0, 0.1) is 0 Å². The number of phenolic OH excluding ortho intramolecular Hbond substituents is 1. The number of fused-ring (bicyclic) bond motifs is 1. The lowest BCUT2D eigenvalue weighted by Gasteiger charge is -2.38. The smallest absolute Gasteiger partial charge is 0.241 e. The van der Waals surface area contributed by atoms with Gasteiger partial charge in [0.15, 0.2) is 11.5 Å². The molecule has 0 saturated carbocycles. The van der Waals surface area contributed by atoms with Gasteiger partial charge in [-0.3, -0.25) is 9.69 Å². The van der Waals surface area contributed by atoms with Crippen LogP contribution in [0.5, 0.6) is 17.2 Å². The number of carbonyl (C=O) groups excluding carboxylic acids is 1. The van der Waals surface area contributed by atoms with Gasteiger partial charge in [0.25, 0.3) is 0 Å². The molecule has 2 N–H and O–H groups in total. The summed E-state index contributed by atoms with van der Waals surface area (Å²) in [4.78, 5) is 17.1. The van der Waals surface area contributed by atoms with E-state index in [1.807, 2.05) is 25.1 Å². The number of piperazine rings is 1. The zero-order chi connectivity index (χ0) is 18.8. The number of amides is 1. The van der Waals surface area contributed by atoms with E-state index in [1.165, 1.54) is 0 Å². The van der Waals surface area contributed by atoms with Crippen LogP contribution in [0.2, 0.25) is 0 Å². The maximum absolute atomic E-state index is 12.6. The van der Waals surface area contributed by atoms with Crippen molar-refractivity contribution in [2.75, 3.05) is 43.2 Å². The number of ether oxygens (including phenoxy) is 2. The Bertz CT molecular complexity index is 816. The maximum Gasteiger partial charge on any atom is 0.241 e. The molecule has 0 bridgehead atoms. The van der Waals surface area contributed by atoms with Gasteiger partial charge in [-0.25, -0.2) is 0 Å². The molecule has 0 unspecified atom stereocenters. The van der Waals surface area contributed by atoms with E-state index in [-0.39, 0.29) is 24.5 Å². The summed E-state index contributed by atoms with van der Waals surface area (Å²) in [6, 6.07) is 12.4. The predicted octanol–water partition coefficient (Wildman–Crippen LogP) is 2.27. The largest absolute Gasteiger partial charge is 0.508 e. The Balaban J connectivity index is 1.32. The second-order valence-electron chi connectivity index (χ2n) is 6.77. The van der Waals surface area contributed by atoms with E-state index in [9.17, 15) is 9.90 Å². The fraction of sp³-hybridized carbons (Fsp3) is 0.350. The summed E-state index contributed by atoms with van der Waals surface area (Å²) in [5, 5.41) is 12.4. The monoisotopic (exact) mass is 369 g/mol. The van der Waals surface area contributed by atoms with Gasteiger partial charge in [-0.2, -0.15) is 0 Å². The highest BCUT2D eigenvalue weighted by atomic mass is 16.7. The number of hydrogen-bond acceptors (Lipinski definition) is 6. The second-order valence-corrected chi connectivity index (χ2v) is 6.77. The van der Waals surface area contributed by atoms with E-state index in [1.54, 1.807) is 24.3 Å². The van der Waals surface area contributed by atoms with Crippen molar-refractivity contribution in [1.82, 2.24) is 4.90 Å². The molecule has 7 heteroatoms. The normalized spacial score (nSPS) is 17.6. The number of rotatable bonds is 4. The summed E-state index contributed by atoms with van der Waals surface area (Å²) in [5.41, 5.74) is 1.80. The molecule has 0 aromatic heterocycles. The van der Waals surface area contributed by atoms with Gasteiger partial charge in [-0.05, 0) is 43.3 Å². The molecular formula is C20H23N3O4. The summed E-state index contributed by atoms with van der Waals surface area (Å²) < 4.78 is 10.6. The molecule has 2 aliphatic rings. The number of nitrogens with zero attached hydrogens (tertiary/aromatic N) is 2. The van der Waals surface area contributed by atoms with E-state index >= 15 is 0 Å². The van der Waals surface area contributed by atoms with Crippen molar-refractivity contribution in [3.63, 3.8) is 0 Å². The minimum absolute atomic E-state index is 0.0352. The molecular weight excluding hydrogens is 346 g/mol. The van der Waals surface area contributed by atoms with Crippen LogP contribution in [0.25, 0.3) is 0 Å². The molecule has 1 atom stereocenters. The van der Waals surface area contributed by atoms with Gasteiger partial charge >= 0.3 is 0 Å². The van der Waals surface area contributed by atoms with E-state index in [4.69, 9.17) is 9.47 Å². The Kier molecular flexibility index (Phi) is 4.77. The molecule has 142 valence electrons. The standard InChI is InChI=1S/C20H23N3O4/c1-14(20(25)21-15-2-7-18-19(12-15)27-13-26-18)22-8-10-23(11-9-22)16-3-5-17(24)6-4-16/h2-7,12,14,24H,8-11,13H2,1H3,(H,21,25)/t14-/m0/s1. The van der Waals surface area contributed by atoms with Crippen molar-refractivity contribution in [3.05, 3.63) is 42.5 Å². The van der Waals surface area contributed by atoms with Crippen LogP contribution >= 0.6 is 0 Å². The lowest BCUT2D eigenvalue weighted by Crippen LogP contribution is -2.52. The Morgan fingerprint density at radius 2 is 1.74 bits per heavy atom. The number of aromatic hydroxyl groups is 1. The van der Waals surface area contributed by atoms with Gasteiger partial charge in [0.1, 0.15) is 5.75 Å². The SMILES string of the molecule is C[C@@H](C(=O)Nc1ccc2c(c1)OCO2)N1CCN(c2ccc(O)cc2)CC1. The van der Waals surface area contributed by atoms with Crippen molar-refractivity contribution in [2.45, 2.75) is 13.0 Å². The molecule has 2 aromatic rings. The average molecular weight is 369 g/mol. The molecule has 1 fully saturated rings. The first-order chi connectivity index (χ1) is 13.1. The summed E-state index contributed by atoms with van der Waals surface area (Å²) in [5.74, 6) is 1.59. The Labute approximate surface area is 158 Å². The topological polar surface area (TPSA) is 74.3 Å². The molecule has 1 amide bonds. The maximum atomic E-state index is 12.6. The van der Waals surface area contributed by atoms with Crippen molar-refractivity contribution in [2.24, 2.45) is 0 Å². The number of hydrogen-bond donors (Lipinski definition) is 2. The van der Waals surface area contributed by atoms with Gasteiger partial charge in [0.05, 0.1) is 6.04 Å². The molecule has 0 aliphatic carbocycles. The first-order valence-electron chi connectivity index (χ1n) is 9.09. The van der Waals surface area contributed by atoms with Crippen LogP contribution in [0.15, 0.2) is 42.5 Å². The van der Waals surface area contributed by atoms with E-state index in [0.29, 0.717) is 17.2 Å². The summed E-state index contributed by atoms with van der Waals surface area (Å²) >= 11 is 0. The Morgan fingerprint density at radius 1 is 1.04 bits per heavy atom. The van der Waals surface area contributed by atoms with E-state index < -0.39 is 0 Å². The predicted molar refractivity (Wildman–Crippen MR) is 103 cm³/mol. The minimum atomic E-state index is -0.225. The molecule has 2 heterocycles. The van der Waals surface area contributed by atoms with Crippen molar-refractivity contribution in [3.8, 4) is 17.2 Å². The fourth-order valence-corrected chi connectivity index (χ4v) is 3.42. The zero-order valence-electron chi connectivity index (χ0n) is 15.2. The van der Waals surface area contributed by atoms with Gasteiger partial charge in [0.2, 0.25) is 12.7 Å². The van der Waals surface area contributed by atoms with Crippen LogP contribution in [0.1, 0.15) is 6.92 Å². The third-order valence-corrected chi connectivity index (χ3v) is 5.10. The molecule has 27 heavy (non-hydrogen) atoms.